The molecule has 0 aliphatic rings. The summed E-state index contributed by atoms with van der Waals surface area (Å²) in [5, 5.41) is -7.07. The Kier molecular flexibility index (Phi) is 5.51. The zero-order valence-electron chi connectivity index (χ0n) is 9.66. The van der Waals surface area contributed by atoms with Crippen LogP contribution in [0.1, 0.15) is 0 Å². The van der Waals surface area contributed by atoms with Gasteiger partial charge in [0.15, 0.2) is 0 Å². The Bertz CT molecular complexity index is 420. The van der Waals surface area contributed by atoms with Gasteiger partial charge in [-0.15, -0.1) is 0 Å². The van der Waals surface area contributed by atoms with E-state index in [0.717, 1.165) is 0 Å². The molecule has 0 aliphatic heterocycles. The molecule has 0 nitrogen and oxygen atoms in total. The van der Waals surface area contributed by atoms with Crippen LogP contribution >= 0.6 is 11.8 Å². The summed E-state index contributed by atoms with van der Waals surface area (Å²) in [6, 6.07) is 0. The SMILES string of the molecule is FC(F)C(F)(F)C(F)(F)C(F)(F)C(F)(F)C(F)(F)SC(F)(F)F. The number of hydrogen-bond acceptors (Lipinski definition) is 1. The second-order valence-corrected chi connectivity index (χ2v) is 4.89. The molecule has 0 saturated carbocycles. The summed E-state index contributed by atoms with van der Waals surface area (Å²) in [6.07, 6.45) is -5.71. The fraction of sp³-hybridized carbons (Fsp3) is 1.00. The molecule has 0 amide bonds. The lowest BCUT2D eigenvalue weighted by atomic mass is 9.99. The number of alkyl halides is 15. The van der Waals surface area contributed by atoms with Gasteiger partial charge in [0, 0.05) is 11.8 Å². The van der Waals surface area contributed by atoms with Crippen LogP contribution in [-0.2, 0) is 0 Å². The van der Waals surface area contributed by atoms with E-state index < -0.39 is 52.6 Å². The molecule has 0 N–H and O–H groups in total. The summed E-state index contributed by atoms with van der Waals surface area (Å²) in [5.74, 6) is -30.8. The van der Waals surface area contributed by atoms with E-state index in [2.05, 4.69) is 0 Å². The highest BCUT2D eigenvalue weighted by molar-refractivity contribution is 8.01. The van der Waals surface area contributed by atoms with Crippen LogP contribution in [0.25, 0.3) is 0 Å². The summed E-state index contributed by atoms with van der Waals surface area (Å²) >= 11 is -3.20. The van der Waals surface area contributed by atoms with Gasteiger partial charge in [-0.2, -0.15) is 57.1 Å². The van der Waals surface area contributed by atoms with E-state index in [-0.39, 0.29) is 0 Å². The number of thioether (sulfide) groups is 1. The Balaban J connectivity index is 6.07. The standard InChI is InChI=1S/C7HF15S/c8-1(9)2(10,11)3(12,13)4(14,15)5(16,17)6(18,19)23-7(20,21)22/h1H. The molecule has 23 heavy (non-hydrogen) atoms. The van der Waals surface area contributed by atoms with Crippen LogP contribution in [-0.4, -0.2) is 40.9 Å². The monoisotopic (exact) mass is 402 g/mol. The van der Waals surface area contributed by atoms with E-state index >= 15 is 0 Å². The van der Waals surface area contributed by atoms with Gasteiger partial charge in [0.2, 0.25) is 0 Å². The molecule has 0 aromatic heterocycles. The van der Waals surface area contributed by atoms with Crippen LogP contribution in [0, 0.1) is 0 Å². The third-order valence-electron chi connectivity index (χ3n) is 2.09. The summed E-state index contributed by atoms with van der Waals surface area (Å²) in [6.45, 7) is 0. The maximum atomic E-state index is 12.7. The first kappa shape index (κ1) is 22.3. The first-order chi connectivity index (χ1) is 9.65. The smallest absolute Gasteiger partial charge is 0.203 e. The lowest BCUT2D eigenvalue weighted by Gasteiger charge is -2.38. The number of halogens is 15. The Labute approximate surface area is 120 Å². The summed E-state index contributed by atoms with van der Waals surface area (Å²) < 4.78 is 184. The topological polar surface area (TPSA) is 0 Å². The van der Waals surface area contributed by atoms with E-state index in [4.69, 9.17) is 0 Å². The highest BCUT2D eigenvalue weighted by atomic mass is 32.2. The van der Waals surface area contributed by atoms with Crippen LogP contribution < -0.4 is 0 Å². The van der Waals surface area contributed by atoms with Crippen molar-refractivity contribution in [3.05, 3.63) is 0 Å². The first-order valence-electron chi connectivity index (χ1n) is 4.59. The third-order valence-corrected chi connectivity index (χ3v) is 2.83. The van der Waals surface area contributed by atoms with Crippen LogP contribution in [0.2, 0.25) is 0 Å². The van der Waals surface area contributed by atoms with Gasteiger partial charge in [-0.05, 0) is 0 Å². The molecule has 0 heterocycles. The molecule has 0 radical (unpaired) electrons. The summed E-state index contributed by atoms with van der Waals surface area (Å²) in [4.78, 5) is 0. The quantitative estimate of drug-likeness (QED) is 0.519. The molecule has 0 unspecified atom stereocenters. The normalized spacial score (nSPS) is 16.2. The largest absolute Gasteiger partial charge is 0.447 e. The van der Waals surface area contributed by atoms with E-state index in [9.17, 15) is 65.9 Å². The van der Waals surface area contributed by atoms with E-state index in [1.807, 2.05) is 0 Å². The van der Waals surface area contributed by atoms with Crippen LogP contribution in [0.3, 0.4) is 0 Å². The maximum absolute atomic E-state index is 12.7. The van der Waals surface area contributed by atoms with Crippen LogP contribution in [0.5, 0.6) is 0 Å². The molecule has 0 aromatic rings. The minimum absolute atomic E-state index is 3.20. The second kappa shape index (κ2) is 5.68. The van der Waals surface area contributed by atoms with Gasteiger partial charge in [0.25, 0.3) is 0 Å². The van der Waals surface area contributed by atoms with Gasteiger partial charge >= 0.3 is 40.9 Å². The van der Waals surface area contributed by atoms with Crippen molar-refractivity contribution in [2.75, 3.05) is 0 Å². The molecule has 0 bridgehead atoms. The Morgan fingerprint density at radius 1 is 0.522 bits per heavy atom. The maximum Gasteiger partial charge on any atom is 0.447 e. The highest BCUT2D eigenvalue weighted by Gasteiger charge is 2.88. The van der Waals surface area contributed by atoms with Crippen LogP contribution in [0.15, 0.2) is 0 Å². The van der Waals surface area contributed by atoms with E-state index in [1.54, 1.807) is 0 Å². The van der Waals surface area contributed by atoms with Gasteiger partial charge in [-0.1, -0.05) is 0 Å². The van der Waals surface area contributed by atoms with Gasteiger partial charge in [0.05, 0.1) is 0 Å². The van der Waals surface area contributed by atoms with Crippen molar-refractivity contribution in [3.8, 4) is 0 Å². The molecule has 0 aromatic carbocycles. The average molecular weight is 402 g/mol. The van der Waals surface area contributed by atoms with Crippen molar-refractivity contribution in [1.29, 1.82) is 0 Å². The number of hydrogen-bond donors (Lipinski definition) is 0. The first-order valence-corrected chi connectivity index (χ1v) is 5.41. The predicted octanol–water partition coefficient (Wildman–Crippen LogP) is 5.64. The molecule has 0 spiro atoms. The molecule has 140 valence electrons. The average Bonchev–Trinajstić information content (AvgIpc) is 2.24. The van der Waals surface area contributed by atoms with Crippen molar-refractivity contribution < 1.29 is 65.9 Å². The van der Waals surface area contributed by atoms with Gasteiger partial charge in [-0.3, -0.25) is 0 Å². The summed E-state index contributed by atoms with van der Waals surface area (Å²) in [7, 11) is 0. The van der Waals surface area contributed by atoms with Crippen molar-refractivity contribution >= 4 is 11.8 Å². The fourth-order valence-corrected chi connectivity index (χ4v) is 1.48. The van der Waals surface area contributed by atoms with Crippen molar-refractivity contribution in [2.45, 2.75) is 40.9 Å². The summed E-state index contributed by atoms with van der Waals surface area (Å²) in [5.41, 5.74) is -6.37. The molecule has 0 fully saturated rings. The molecule has 0 saturated heterocycles. The fourth-order valence-electron chi connectivity index (χ4n) is 0.936. The molecular formula is C7HF15S. The van der Waals surface area contributed by atoms with Gasteiger partial charge < -0.3 is 0 Å². The molecule has 0 atom stereocenters. The molecular weight excluding hydrogens is 401 g/mol. The lowest BCUT2D eigenvalue weighted by Crippen LogP contribution is -2.68. The predicted molar refractivity (Wildman–Crippen MR) is 44.4 cm³/mol. The Hall–Kier alpha value is -0.700. The minimum atomic E-state index is -7.96. The van der Waals surface area contributed by atoms with E-state index in [0.29, 0.717) is 0 Å². The second-order valence-electron chi connectivity index (χ2n) is 3.71. The highest BCUT2D eigenvalue weighted by Crippen LogP contribution is 2.62. The Morgan fingerprint density at radius 3 is 1.13 bits per heavy atom. The van der Waals surface area contributed by atoms with E-state index in [1.165, 1.54) is 0 Å². The van der Waals surface area contributed by atoms with Crippen molar-refractivity contribution in [3.63, 3.8) is 0 Å². The zero-order valence-corrected chi connectivity index (χ0v) is 10.5. The minimum Gasteiger partial charge on any atom is -0.203 e. The van der Waals surface area contributed by atoms with Gasteiger partial charge in [0.1, 0.15) is 0 Å². The number of rotatable bonds is 6. The van der Waals surface area contributed by atoms with Crippen molar-refractivity contribution in [1.82, 2.24) is 0 Å². The Morgan fingerprint density at radius 2 is 0.870 bits per heavy atom. The molecule has 0 aliphatic carbocycles. The zero-order chi connectivity index (χ0) is 19.3. The molecule has 16 heteroatoms. The van der Waals surface area contributed by atoms with Crippen LogP contribution in [0.4, 0.5) is 65.9 Å². The third kappa shape index (κ3) is 3.55. The lowest BCUT2D eigenvalue weighted by molar-refractivity contribution is -0.402. The molecule has 0 rings (SSSR count). The van der Waals surface area contributed by atoms with Crippen molar-refractivity contribution in [2.24, 2.45) is 0 Å². The van der Waals surface area contributed by atoms with Gasteiger partial charge in [-0.25, -0.2) is 8.78 Å².